The number of rotatable bonds is 4. The van der Waals surface area contributed by atoms with E-state index in [1.807, 2.05) is 0 Å². The third kappa shape index (κ3) is 5.35. The summed E-state index contributed by atoms with van der Waals surface area (Å²) >= 11 is 0. The number of fused-ring (bicyclic) bond motifs is 2. The van der Waals surface area contributed by atoms with Crippen molar-refractivity contribution in [1.29, 1.82) is 0 Å². The number of pyridine rings is 1. The summed E-state index contributed by atoms with van der Waals surface area (Å²) in [7, 11) is 0. The molecule has 2 heterocycles. The Kier molecular flexibility index (Phi) is 8.91. The average Bonchev–Trinajstić information content (AvgIpc) is 3.02. The zero-order valence-electron chi connectivity index (χ0n) is 18.9. The average molecular weight is 494 g/mol. The van der Waals surface area contributed by atoms with Gasteiger partial charge >= 0.3 is 0 Å². The molecule has 0 radical (unpaired) electrons. The SMILES string of the molecule is Cl.Cl.O=C(NCCN1CCCCC1=C1c2ccccc2C=Cc2ccccc21)c1ccncc1. The van der Waals surface area contributed by atoms with Crippen LogP contribution in [0.1, 0.15) is 51.9 Å². The highest BCUT2D eigenvalue weighted by atomic mass is 35.5. The molecule has 1 aromatic heterocycles. The van der Waals surface area contributed by atoms with Crippen LogP contribution in [-0.4, -0.2) is 35.4 Å². The van der Waals surface area contributed by atoms with Crippen molar-refractivity contribution in [3.05, 3.63) is 107 Å². The molecule has 4 nitrogen and oxygen atoms in total. The fraction of sp³-hybridized carbons (Fsp3) is 0.214. The highest BCUT2D eigenvalue weighted by Crippen LogP contribution is 2.39. The van der Waals surface area contributed by atoms with Crippen LogP contribution in [0.4, 0.5) is 0 Å². The van der Waals surface area contributed by atoms with Gasteiger partial charge in [-0.15, -0.1) is 24.8 Å². The van der Waals surface area contributed by atoms with Gasteiger partial charge in [-0.1, -0.05) is 60.7 Å². The van der Waals surface area contributed by atoms with Crippen molar-refractivity contribution in [2.45, 2.75) is 19.3 Å². The molecule has 1 fully saturated rings. The smallest absolute Gasteiger partial charge is 0.251 e. The third-order valence-corrected chi connectivity index (χ3v) is 6.27. The molecule has 1 amide bonds. The quantitative estimate of drug-likeness (QED) is 0.374. The molecular formula is C28H29Cl2N3O. The number of piperidine rings is 1. The maximum atomic E-state index is 12.5. The van der Waals surface area contributed by atoms with Crippen LogP contribution in [0.3, 0.4) is 0 Å². The lowest BCUT2D eigenvalue weighted by molar-refractivity contribution is 0.0949. The second-order valence-electron chi connectivity index (χ2n) is 8.27. The van der Waals surface area contributed by atoms with Crippen molar-refractivity contribution in [1.82, 2.24) is 15.2 Å². The summed E-state index contributed by atoms with van der Waals surface area (Å²) in [5.74, 6) is -0.0482. The number of aromatic nitrogens is 1. The van der Waals surface area contributed by atoms with E-state index in [9.17, 15) is 4.79 Å². The lowest BCUT2D eigenvalue weighted by atomic mass is 9.89. The van der Waals surface area contributed by atoms with Gasteiger partial charge in [0.05, 0.1) is 0 Å². The van der Waals surface area contributed by atoms with Gasteiger partial charge in [0.25, 0.3) is 5.91 Å². The largest absolute Gasteiger partial charge is 0.373 e. The number of benzene rings is 2. The summed E-state index contributed by atoms with van der Waals surface area (Å²) in [5, 5.41) is 3.08. The molecule has 5 rings (SSSR count). The molecule has 0 saturated carbocycles. The summed E-state index contributed by atoms with van der Waals surface area (Å²) in [4.78, 5) is 18.9. The molecule has 1 N–H and O–H groups in total. The first kappa shape index (κ1) is 25.5. The van der Waals surface area contributed by atoms with Gasteiger partial charge in [0.2, 0.25) is 0 Å². The summed E-state index contributed by atoms with van der Waals surface area (Å²) in [6, 6.07) is 20.8. The monoisotopic (exact) mass is 493 g/mol. The van der Waals surface area contributed by atoms with Gasteiger partial charge in [0.15, 0.2) is 0 Å². The Labute approximate surface area is 213 Å². The summed E-state index contributed by atoms with van der Waals surface area (Å²) < 4.78 is 0. The van der Waals surface area contributed by atoms with E-state index in [1.165, 1.54) is 46.4 Å². The van der Waals surface area contributed by atoms with Crippen molar-refractivity contribution in [2.24, 2.45) is 0 Å². The molecule has 1 aliphatic heterocycles. The molecule has 2 aliphatic rings. The van der Waals surface area contributed by atoms with Crippen LogP contribution >= 0.6 is 24.8 Å². The van der Waals surface area contributed by atoms with Crippen molar-refractivity contribution in [3.8, 4) is 0 Å². The number of allylic oxidation sites excluding steroid dienone is 1. The van der Waals surface area contributed by atoms with E-state index >= 15 is 0 Å². The van der Waals surface area contributed by atoms with E-state index in [-0.39, 0.29) is 30.7 Å². The first-order chi connectivity index (χ1) is 15.8. The van der Waals surface area contributed by atoms with E-state index < -0.39 is 0 Å². The number of hydrogen-bond acceptors (Lipinski definition) is 3. The zero-order chi connectivity index (χ0) is 21.8. The number of halogens is 2. The van der Waals surface area contributed by atoms with Crippen molar-refractivity contribution >= 4 is 48.4 Å². The van der Waals surface area contributed by atoms with E-state index in [4.69, 9.17) is 0 Å². The van der Waals surface area contributed by atoms with Gasteiger partial charge in [-0.05, 0) is 53.6 Å². The number of likely N-dealkylation sites (tertiary alicyclic amines) is 1. The predicted molar refractivity (Wildman–Crippen MR) is 144 cm³/mol. The minimum absolute atomic E-state index is 0. The number of hydrogen-bond donors (Lipinski definition) is 1. The molecule has 3 aromatic rings. The maximum absolute atomic E-state index is 12.5. The van der Waals surface area contributed by atoms with E-state index in [0.717, 1.165) is 19.5 Å². The standard InChI is InChI=1S/C28H27N3O.2ClH/c32-28(23-14-16-29-17-15-23)30-18-20-31-19-6-5-11-26(31)27-24-9-3-1-7-21(24)12-13-22-8-2-4-10-25(22)27;;/h1-4,7-10,12-17H,5-6,11,18-20H2,(H,30,32);2*1H. The molecule has 0 atom stereocenters. The summed E-state index contributed by atoms with van der Waals surface area (Å²) in [6.45, 7) is 2.43. The second-order valence-corrected chi connectivity index (χ2v) is 8.27. The molecule has 176 valence electrons. The van der Waals surface area contributed by atoms with Gasteiger partial charge in [-0.25, -0.2) is 0 Å². The lowest BCUT2D eigenvalue weighted by Gasteiger charge is -2.34. The van der Waals surface area contributed by atoms with Crippen LogP contribution in [0.25, 0.3) is 17.7 Å². The summed E-state index contributed by atoms with van der Waals surface area (Å²) in [6.07, 6.45) is 11.2. The summed E-state index contributed by atoms with van der Waals surface area (Å²) in [5.41, 5.74) is 8.45. The number of carbonyl (C=O) groups is 1. The van der Waals surface area contributed by atoms with Crippen molar-refractivity contribution in [2.75, 3.05) is 19.6 Å². The minimum atomic E-state index is -0.0482. The Balaban J connectivity index is 0.00000162. The Morgan fingerprint density at radius 2 is 1.47 bits per heavy atom. The predicted octanol–water partition coefficient (Wildman–Crippen LogP) is 6.08. The van der Waals surface area contributed by atoms with Crippen LogP contribution in [0.2, 0.25) is 0 Å². The first-order valence-corrected chi connectivity index (χ1v) is 11.3. The topological polar surface area (TPSA) is 45.2 Å². The number of nitrogens with one attached hydrogen (secondary N) is 1. The molecule has 1 saturated heterocycles. The van der Waals surface area contributed by atoms with E-state index in [2.05, 4.69) is 75.9 Å². The Morgan fingerprint density at radius 3 is 2.12 bits per heavy atom. The molecule has 6 heteroatoms. The Bertz CT molecular complexity index is 1140. The fourth-order valence-corrected chi connectivity index (χ4v) is 4.70. The van der Waals surface area contributed by atoms with Gasteiger partial charge in [-0.2, -0.15) is 0 Å². The third-order valence-electron chi connectivity index (χ3n) is 6.27. The number of nitrogens with zero attached hydrogens (tertiary/aromatic N) is 2. The molecular weight excluding hydrogens is 465 g/mol. The molecule has 0 bridgehead atoms. The molecule has 0 unspecified atom stereocenters. The Morgan fingerprint density at radius 1 is 0.853 bits per heavy atom. The van der Waals surface area contributed by atoms with Gasteiger partial charge in [0, 0.05) is 48.9 Å². The van der Waals surface area contributed by atoms with Crippen LogP contribution in [0.15, 0.2) is 78.8 Å². The molecule has 2 aromatic carbocycles. The van der Waals surface area contributed by atoms with Crippen LogP contribution < -0.4 is 5.32 Å². The minimum Gasteiger partial charge on any atom is -0.373 e. The number of amides is 1. The zero-order valence-corrected chi connectivity index (χ0v) is 20.6. The van der Waals surface area contributed by atoms with Crippen molar-refractivity contribution < 1.29 is 4.79 Å². The highest BCUT2D eigenvalue weighted by molar-refractivity contribution is 5.95. The van der Waals surface area contributed by atoms with Gasteiger partial charge in [0.1, 0.15) is 0 Å². The van der Waals surface area contributed by atoms with E-state index in [0.29, 0.717) is 12.1 Å². The second kappa shape index (κ2) is 11.9. The molecule has 0 spiro atoms. The maximum Gasteiger partial charge on any atom is 0.251 e. The Hall–Kier alpha value is -3.08. The van der Waals surface area contributed by atoms with Gasteiger partial charge < -0.3 is 10.2 Å². The first-order valence-electron chi connectivity index (χ1n) is 11.3. The van der Waals surface area contributed by atoms with Crippen molar-refractivity contribution in [3.63, 3.8) is 0 Å². The highest BCUT2D eigenvalue weighted by Gasteiger charge is 2.24. The lowest BCUT2D eigenvalue weighted by Crippen LogP contribution is -2.37. The molecule has 34 heavy (non-hydrogen) atoms. The normalized spacial score (nSPS) is 14.2. The van der Waals surface area contributed by atoms with E-state index in [1.54, 1.807) is 24.5 Å². The fourth-order valence-electron chi connectivity index (χ4n) is 4.70. The van der Waals surface area contributed by atoms with Gasteiger partial charge in [-0.3, -0.25) is 9.78 Å². The van der Waals surface area contributed by atoms with Crippen LogP contribution in [0, 0.1) is 0 Å². The number of carbonyl (C=O) groups excluding carboxylic acids is 1. The van der Waals surface area contributed by atoms with Crippen LogP contribution in [0.5, 0.6) is 0 Å². The van der Waals surface area contributed by atoms with Crippen LogP contribution in [-0.2, 0) is 0 Å². The molecule has 1 aliphatic carbocycles.